The average Bonchev–Trinajstić information content (AvgIpc) is 2.64. The van der Waals surface area contributed by atoms with E-state index >= 15 is 0 Å². The first-order valence-corrected chi connectivity index (χ1v) is 4.86. The Kier molecular flexibility index (Phi) is 2.49. The van der Waals surface area contributed by atoms with Crippen LogP contribution in [0.1, 0.15) is 12.6 Å². The topological polar surface area (TPSA) is 30.7 Å². The highest BCUT2D eigenvalue weighted by atomic mass is 19.1. The number of aryl methyl sites for hydroxylation is 2. The van der Waals surface area contributed by atoms with Gasteiger partial charge in [-0.1, -0.05) is 0 Å². The van der Waals surface area contributed by atoms with Gasteiger partial charge >= 0.3 is 0 Å². The summed E-state index contributed by atoms with van der Waals surface area (Å²) in [6, 6.07) is 3.27. The van der Waals surface area contributed by atoms with E-state index in [1.54, 1.807) is 13.1 Å². The third-order valence-electron chi connectivity index (χ3n) is 2.21. The lowest BCUT2D eigenvalue weighted by Gasteiger charge is -1.99. The molecule has 0 saturated heterocycles. The number of hydrogen-bond acceptors (Lipinski definition) is 2. The summed E-state index contributed by atoms with van der Waals surface area (Å²) in [6.07, 6.45) is 3.63. The summed E-state index contributed by atoms with van der Waals surface area (Å²) in [5, 5.41) is 4.14. The highest BCUT2D eigenvalue weighted by Gasteiger charge is 2.04. The highest BCUT2D eigenvalue weighted by molar-refractivity contribution is 5.61. The van der Waals surface area contributed by atoms with E-state index in [1.165, 1.54) is 6.07 Å². The van der Waals surface area contributed by atoms with Crippen molar-refractivity contribution in [1.29, 1.82) is 0 Å². The van der Waals surface area contributed by atoms with Crippen molar-refractivity contribution in [2.75, 3.05) is 0 Å². The van der Waals surface area contributed by atoms with Gasteiger partial charge in [0.1, 0.15) is 0 Å². The second kappa shape index (κ2) is 3.81. The van der Waals surface area contributed by atoms with Crippen molar-refractivity contribution in [3.05, 3.63) is 36.2 Å². The van der Waals surface area contributed by atoms with Crippen molar-refractivity contribution >= 4 is 0 Å². The fourth-order valence-electron chi connectivity index (χ4n) is 1.48. The van der Waals surface area contributed by atoms with Gasteiger partial charge in [0.2, 0.25) is 5.95 Å². The van der Waals surface area contributed by atoms with Crippen molar-refractivity contribution in [1.82, 2.24) is 14.8 Å². The van der Waals surface area contributed by atoms with Crippen LogP contribution in [-0.2, 0) is 6.54 Å². The van der Waals surface area contributed by atoms with Crippen LogP contribution in [0.3, 0.4) is 0 Å². The molecule has 3 nitrogen and oxygen atoms in total. The molecule has 0 aromatic carbocycles. The standard InChI is InChI=1S/C11H12FN3/c1-3-15-7-10(6-13-15)9-4-8(2)14-11(12)5-9/h4-7H,3H2,1-2H3. The van der Waals surface area contributed by atoms with Gasteiger partial charge in [0.15, 0.2) is 0 Å². The second-order valence-corrected chi connectivity index (χ2v) is 3.40. The largest absolute Gasteiger partial charge is 0.272 e. The molecule has 2 aromatic heterocycles. The van der Waals surface area contributed by atoms with Crippen LogP contribution in [-0.4, -0.2) is 14.8 Å². The molecule has 0 radical (unpaired) electrons. The summed E-state index contributed by atoms with van der Waals surface area (Å²) in [5.41, 5.74) is 2.41. The molecule has 0 spiro atoms. The molecule has 0 aliphatic heterocycles. The number of aromatic nitrogens is 3. The maximum Gasteiger partial charge on any atom is 0.213 e. The van der Waals surface area contributed by atoms with E-state index in [2.05, 4.69) is 10.1 Å². The van der Waals surface area contributed by atoms with E-state index in [9.17, 15) is 4.39 Å². The van der Waals surface area contributed by atoms with Crippen LogP contribution in [0.5, 0.6) is 0 Å². The zero-order valence-electron chi connectivity index (χ0n) is 8.74. The van der Waals surface area contributed by atoms with E-state index < -0.39 is 5.95 Å². The summed E-state index contributed by atoms with van der Waals surface area (Å²) in [7, 11) is 0. The van der Waals surface area contributed by atoms with Crippen LogP contribution in [0.15, 0.2) is 24.5 Å². The number of pyridine rings is 1. The summed E-state index contributed by atoms with van der Waals surface area (Å²) < 4.78 is 14.9. The van der Waals surface area contributed by atoms with E-state index in [1.807, 2.05) is 23.9 Å². The SMILES string of the molecule is CCn1cc(-c2cc(C)nc(F)c2)cn1. The molecule has 78 valence electrons. The van der Waals surface area contributed by atoms with Gasteiger partial charge in [0.25, 0.3) is 0 Å². The van der Waals surface area contributed by atoms with Crippen LogP contribution in [0.2, 0.25) is 0 Å². The molecule has 0 aliphatic rings. The molecule has 15 heavy (non-hydrogen) atoms. The van der Waals surface area contributed by atoms with Crippen molar-refractivity contribution in [3.63, 3.8) is 0 Å². The van der Waals surface area contributed by atoms with Crippen molar-refractivity contribution < 1.29 is 4.39 Å². The molecular formula is C11H12FN3. The van der Waals surface area contributed by atoms with Crippen molar-refractivity contribution in [2.45, 2.75) is 20.4 Å². The first-order valence-electron chi connectivity index (χ1n) is 4.86. The van der Waals surface area contributed by atoms with Crippen LogP contribution in [0.25, 0.3) is 11.1 Å². The third kappa shape index (κ3) is 2.03. The molecular weight excluding hydrogens is 193 g/mol. The molecule has 0 amide bonds. The van der Waals surface area contributed by atoms with Gasteiger partial charge in [-0.3, -0.25) is 4.68 Å². The normalized spacial score (nSPS) is 10.6. The summed E-state index contributed by atoms with van der Waals surface area (Å²) >= 11 is 0. The molecule has 2 aromatic rings. The van der Waals surface area contributed by atoms with Crippen LogP contribution in [0, 0.1) is 12.9 Å². The van der Waals surface area contributed by atoms with Gasteiger partial charge in [-0.15, -0.1) is 0 Å². The Hall–Kier alpha value is -1.71. The first-order chi connectivity index (χ1) is 7.19. The monoisotopic (exact) mass is 205 g/mol. The summed E-state index contributed by atoms with van der Waals surface area (Å²) in [4.78, 5) is 3.69. The predicted molar refractivity (Wildman–Crippen MR) is 55.8 cm³/mol. The minimum Gasteiger partial charge on any atom is -0.272 e. The smallest absolute Gasteiger partial charge is 0.213 e. The molecule has 0 bridgehead atoms. The summed E-state index contributed by atoms with van der Waals surface area (Å²) in [6.45, 7) is 4.60. The van der Waals surface area contributed by atoms with Gasteiger partial charge in [0, 0.05) is 30.1 Å². The summed E-state index contributed by atoms with van der Waals surface area (Å²) in [5.74, 6) is -0.450. The van der Waals surface area contributed by atoms with E-state index in [0.29, 0.717) is 5.69 Å². The third-order valence-corrected chi connectivity index (χ3v) is 2.21. The zero-order chi connectivity index (χ0) is 10.8. The lowest BCUT2D eigenvalue weighted by Crippen LogP contribution is -1.92. The maximum absolute atomic E-state index is 13.1. The Balaban J connectivity index is 2.44. The lowest BCUT2D eigenvalue weighted by atomic mass is 10.1. The zero-order valence-corrected chi connectivity index (χ0v) is 8.74. The molecule has 0 unspecified atom stereocenters. The van der Waals surface area contributed by atoms with Gasteiger partial charge in [-0.2, -0.15) is 9.49 Å². The van der Waals surface area contributed by atoms with Gasteiger partial charge < -0.3 is 0 Å². The molecule has 0 atom stereocenters. The highest BCUT2D eigenvalue weighted by Crippen LogP contribution is 2.19. The van der Waals surface area contributed by atoms with E-state index in [4.69, 9.17) is 0 Å². The van der Waals surface area contributed by atoms with E-state index in [0.717, 1.165) is 17.7 Å². The second-order valence-electron chi connectivity index (χ2n) is 3.40. The molecule has 2 rings (SSSR count). The van der Waals surface area contributed by atoms with Crippen molar-refractivity contribution in [3.8, 4) is 11.1 Å². The van der Waals surface area contributed by atoms with Crippen molar-refractivity contribution in [2.24, 2.45) is 0 Å². The van der Waals surface area contributed by atoms with Gasteiger partial charge in [0.05, 0.1) is 6.20 Å². The molecule has 4 heteroatoms. The quantitative estimate of drug-likeness (QED) is 0.705. The first kappa shape index (κ1) is 9.83. The number of nitrogens with zero attached hydrogens (tertiary/aromatic N) is 3. The van der Waals surface area contributed by atoms with Crippen LogP contribution < -0.4 is 0 Å². The van der Waals surface area contributed by atoms with Gasteiger partial charge in [-0.05, 0) is 25.5 Å². The minimum atomic E-state index is -0.450. The van der Waals surface area contributed by atoms with Crippen LogP contribution in [0.4, 0.5) is 4.39 Å². The maximum atomic E-state index is 13.1. The Bertz CT molecular complexity index is 456. The molecule has 0 N–H and O–H groups in total. The molecule has 0 aliphatic carbocycles. The van der Waals surface area contributed by atoms with Gasteiger partial charge in [-0.25, -0.2) is 4.98 Å². The number of hydrogen-bond donors (Lipinski definition) is 0. The Morgan fingerprint density at radius 1 is 1.33 bits per heavy atom. The minimum absolute atomic E-state index is 0.450. The molecule has 0 saturated carbocycles. The fraction of sp³-hybridized carbons (Fsp3) is 0.273. The van der Waals surface area contributed by atoms with Crippen LogP contribution >= 0.6 is 0 Å². The Morgan fingerprint density at radius 2 is 2.13 bits per heavy atom. The number of rotatable bonds is 2. The predicted octanol–water partition coefficient (Wildman–Crippen LogP) is 2.41. The number of halogens is 1. The Labute approximate surface area is 87.6 Å². The van der Waals surface area contributed by atoms with E-state index in [-0.39, 0.29) is 0 Å². The molecule has 2 heterocycles. The lowest BCUT2D eigenvalue weighted by molar-refractivity contribution is 0.581. The fourth-order valence-corrected chi connectivity index (χ4v) is 1.48. The average molecular weight is 205 g/mol. The Morgan fingerprint density at radius 3 is 2.73 bits per heavy atom. The molecule has 0 fully saturated rings.